The minimum Gasteiger partial charge on any atom is -0.393 e. The molecule has 2 atom stereocenters. The van der Waals surface area contributed by atoms with E-state index >= 15 is 0 Å². The number of benzene rings is 1. The van der Waals surface area contributed by atoms with E-state index < -0.39 is 4.92 Å². The Balaban J connectivity index is 2.12. The number of nitro groups is 1. The highest BCUT2D eigenvalue weighted by atomic mass is 32.2. The molecule has 92 valence electrons. The van der Waals surface area contributed by atoms with E-state index in [0.717, 1.165) is 17.9 Å². The van der Waals surface area contributed by atoms with Gasteiger partial charge in [-0.1, -0.05) is 0 Å². The molecular weight excluding hydrogens is 240 g/mol. The van der Waals surface area contributed by atoms with Gasteiger partial charge in [0.1, 0.15) is 5.69 Å². The molecule has 1 saturated heterocycles. The first kappa shape index (κ1) is 12.2. The summed E-state index contributed by atoms with van der Waals surface area (Å²) in [5.74, 6) is 0. The van der Waals surface area contributed by atoms with Crippen molar-refractivity contribution < 1.29 is 9.66 Å². The molecule has 0 amide bonds. The zero-order valence-corrected chi connectivity index (χ0v) is 10.3. The predicted molar refractivity (Wildman–Crippen MR) is 67.2 cm³/mol. The topological polar surface area (TPSA) is 78.4 Å². The third kappa shape index (κ3) is 2.70. The number of hydrogen-bond acceptors (Lipinski definition) is 5. The van der Waals surface area contributed by atoms with Crippen LogP contribution in [0.5, 0.6) is 0 Å². The van der Waals surface area contributed by atoms with Gasteiger partial charge in [0, 0.05) is 22.8 Å². The third-order valence-corrected chi connectivity index (χ3v) is 4.24. The standard InChI is InChI=1S/C11H14N2O3S/c1-7-11(4-5-16-7)17-8-2-3-10(13(14)15)9(12)6-8/h2-3,6-7,11H,4-5,12H2,1H3. The Morgan fingerprint density at radius 2 is 2.35 bits per heavy atom. The fraction of sp³-hybridized carbons (Fsp3) is 0.455. The maximum Gasteiger partial charge on any atom is 0.292 e. The lowest BCUT2D eigenvalue weighted by Crippen LogP contribution is -2.12. The van der Waals surface area contributed by atoms with Gasteiger partial charge in [-0.3, -0.25) is 10.1 Å². The number of rotatable bonds is 3. The Morgan fingerprint density at radius 1 is 1.59 bits per heavy atom. The van der Waals surface area contributed by atoms with E-state index in [-0.39, 0.29) is 17.5 Å². The molecule has 1 aliphatic rings. The Hall–Kier alpha value is -1.27. The van der Waals surface area contributed by atoms with Crippen molar-refractivity contribution in [3.63, 3.8) is 0 Å². The number of nitro benzene ring substituents is 1. The molecule has 0 aromatic heterocycles. The van der Waals surface area contributed by atoms with Gasteiger partial charge in [0.25, 0.3) is 5.69 Å². The molecule has 1 heterocycles. The second-order valence-electron chi connectivity index (χ2n) is 4.00. The second kappa shape index (κ2) is 4.93. The van der Waals surface area contributed by atoms with E-state index in [4.69, 9.17) is 10.5 Å². The van der Waals surface area contributed by atoms with E-state index in [9.17, 15) is 10.1 Å². The van der Waals surface area contributed by atoms with Crippen LogP contribution in [0.1, 0.15) is 13.3 Å². The van der Waals surface area contributed by atoms with Gasteiger partial charge in [-0.25, -0.2) is 0 Å². The third-order valence-electron chi connectivity index (χ3n) is 2.79. The molecule has 0 bridgehead atoms. The molecular formula is C11H14N2O3S. The molecule has 2 rings (SSSR count). The zero-order valence-electron chi connectivity index (χ0n) is 9.46. The fourth-order valence-corrected chi connectivity index (χ4v) is 2.99. The minimum atomic E-state index is -0.467. The highest BCUT2D eigenvalue weighted by Gasteiger charge is 2.25. The Bertz CT molecular complexity index is 439. The predicted octanol–water partition coefficient (Wildman–Crippen LogP) is 2.45. The number of thioether (sulfide) groups is 1. The van der Waals surface area contributed by atoms with Crippen molar-refractivity contribution in [1.82, 2.24) is 0 Å². The van der Waals surface area contributed by atoms with Crippen LogP contribution >= 0.6 is 11.8 Å². The normalized spacial score (nSPS) is 23.8. The summed E-state index contributed by atoms with van der Waals surface area (Å²) < 4.78 is 5.47. The Morgan fingerprint density at radius 3 is 2.88 bits per heavy atom. The second-order valence-corrected chi connectivity index (χ2v) is 5.31. The van der Waals surface area contributed by atoms with Crippen molar-refractivity contribution in [2.24, 2.45) is 0 Å². The van der Waals surface area contributed by atoms with Crippen molar-refractivity contribution in [2.75, 3.05) is 12.3 Å². The van der Waals surface area contributed by atoms with Gasteiger partial charge in [0.2, 0.25) is 0 Å². The monoisotopic (exact) mass is 254 g/mol. The highest BCUT2D eigenvalue weighted by Crippen LogP contribution is 2.35. The van der Waals surface area contributed by atoms with Crippen LogP contribution < -0.4 is 5.73 Å². The summed E-state index contributed by atoms with van der Waals surface area (Å²) in [7, 11) is 0. The molecule has 0 radical (unpaired) electrons. The summed E-state index contributed by atoms with van der Waals surface area (Å²) in [6, 6.07) is 4.86. The number of anilines is 1. The molecule has 17 heavy (non-hydrogen) atoms. The first-order chi connectivity index (χ1) is 8.08. The summed E-state index contributed by atoms with van der Waals surface area (Å²) >= 11 is 1.67. The summed E-state index contributed by atoms with van der Waals surface area (Å²) in [6.07, 6.45) is 1.22. The largest absolute Gasteiger partial charge is 0.393 e. The smallest absolute Gasteiger partial charge is 0.292 e. The van der Waals surface area contributed by atoms with Gasteiger partial charge in [-0.15, -0.1) is 11.8 Å². The van der Waals surface area contributed by atoms with Crippen LogP contribution in [-0.4, -0.2) is 22.9 Å². The molecule has 6 heteroatoms. The molecule has 0 aliphatic carbocycles. The Kier molecular flexibility index (Phi) is 3.54. The van der Waals surface area contributed by atoms with E-state index in [1.165, 1.54) is 6.07 Å². The fourth-order valence-electron chi connectivity index (χ4n) is 1.81. The number of ether oxygens (including phenoxy) is 1. The van der Waals surface area contributed by atoms with Crippen LogP contribution in [0.3, 0.4) is 0 Å². The van der Waals surface area contributed by atoms with Crippen LogP contribution in [-0.2, 0) is 4.74 Å². The van der Waals surface area contributed by atoms with Crippen LogP contribution in [0.2, 0.25) is 0 Å². The molecule has 2 N–H and O–H groups in total. The van der Waals surface area contributed by atoms with Crippen molar-refractivity contribution in [3.8, 4) is 0 Å². The van der Waals surface area contributed by atoms with E-state index in [1.807, 2.05) is 6.92 Å². The van der Waals surface area contributed by atoms with E-state index in [0.29, 0.717) is 5.25 Å². The average Bonchev–Trinajstić information content (AvgIpc) is 2.64. The number of nitrogens with two attached hydrogens (primary N) is 1. The summed E-state index contributed by atoms with van der Waals surface area (Å²) in [5, 5.41) is 11.0. The van der Waals surface area contributed by atoms with Crippen molar-refractivity contribution >= 4 is 23.1 Å². The van der Waals surface area contributed by atoms with Gasteiger partial charge in [-0.2, -0.15) is 0 Å². The number of hydrogen-bond donors (Lipinski definition) is 1. The van der Waals surface area contributed by atoms with Crippen LogP contribution in [0.25, 0.3) is 0 Å². The molecule has 1 fully saturated rings. The van der Waals surface area contributed by atoms with E-state index in [1.54, 1.807) is 23.9 Å². The quantitative estimate of drug-likeness (QED) is 0.509. The molecule has 0 saturated carbocycles. The molecule has 1 aromatic rings. The lowest BCUT2D eigenvalue weighted by Gasteiger charge is -2.13. The summed E-state index contributed by atoms with van der Waals surface area (Å²) in [4.78, 5) is 11.1. The molecule has 2 unspecified atom stereocenters. The van der Waals surface area contributed by atoms with Crippen molar-refractivity contribution in [3.05, 3.63) is 28.3 Å². The van der Waals surface area contributed by atoms with Gasteiger partial charge in [0.05, 0.1) is 11.0 Å². The molecule has 1 aliphatic heterocycles. The van der Waals surface area contributed by atoms with Gasteiger partial charge in [-0.05, 0) is 25.5 Å². The van der Waals surface area contributed by atoms with E-state index in [2.05, 4.69) is 0 Å². The van der Waals surface area contributed by atoms with Gasteiger partial charge >= 0.3 is 0 Å². The van der Waals surface area contributed by atoms with Crippen LogP contribution in [0.4, 0.5) is 11.4 Å². The molecule has 5 nitrogen and oxygen atoms in total. The summed E-state index contributed by atoms with van der Waals surface area (Å²) in [6.45, 7) is 2.82. The minimum absolute atomic E-state index is 0.0370. The van der Waals surface area contributed by atoms with Crippen LogP contribution in [0.15, 0.2) is 23.1 Å². The SMILES string of the molecule is CC1OCCC1Sc1ccc([N+](=O)[O-])c(N)c1. The lowest BCUT2D eigenvalue weighted by molar-refractivity contribution is -0.383. The number of nitrogen functional groups attached to an aromatic ring is 1. The lowest BCUT2D eigenvalue weighted by atomic mass is 10.2. The zero-order chi connectivity index (χ0) is 12.4. The summed E-state index contributed by atoms with van der Waals surface area (Å²) in [5.41, 5.74) is 5.82. The maximum absolute atomic E-state index is 10.6. The van der Waals surface area contributed by atoms with Gasteiger partial charge in [0.15, 0.2) is 0 Å². The Labute approximate surface area is 103 Å². The first-order valence-electron chi connectivity index (χ1n) is 5.40. The highest BCUT2D eigenvalue weighted by molar-refractivity contribution is 8.00. The average molecular weight is 254 g/mol. The number of nitrogens with zero attached hydrogens (tertiary/aromatic N) is 1. The molecule has 1 aromatic carbocycles. The van der Waals surface area contributed by atoms with Crippen molar-refractivity contribution in [2.45, 2.75) is 29.6 Å². The van der Waals surface area contributed by atoms with Crippen LogP contribution in [0, 0.1) is 10.1 Å². The molecule has 0 spiro atoms. The first-order valence-corrected chi connectivity index (χ1v) is 6.28. The van der Waals surface area contributed by atoms with Crippen molar-refractivity contribution in [1.29, 1.82) is 0 Å². The maximum atomic E-state index is 10.6. The van der Waals surface area contributed by atoms with Gasteiger partial charge < -0.3 is 10.5 Å².